The van der Waals surface area contributed by atoms with Crippen molar-refractivity contribution in [3.63, 3.8) is 0 Å². The Kier molecular flexibility index (Phi) is 7.46. The maximum absolute atomic E-state index is 15.6. The Balaban J connectivity index is 1.56. The molecule has 0 radical (unpaired) electrons. The van der Waals surface area contributed by atoms with Crippen LogP contribution in [0.5, 0.6) is 0 Å². The van der Waals surface area contributed by atoms with Gasteiger partial charge in [-0.15, -0.1) is 5.10 Å². The van der Waals surface area contributed by atoms with E-state index >= 15 is 4.39 Å². The third kappa shape index (κ3) is 5.35. The number of halogens is 1. The lowest BCUT2D eigenvalue weighted by molar-refractivity contribution is -0.0626. The molecule has 10 nitrogen and oxygen atoms in total. The Hall–Kier alpha value is -4.12. The highest BCUT2D eigenvalue weighted by Crippen LogP contribution is 2.35. The lowest BCUT2D eigenvalue weighted by atomic mass is 10.1. The molecule has 1 saturated heterocycles. The van der Waals surface area contributed by atoms with E-state index in [1.807, 2.05) is 0 Å². The molecule has 0 N–H and O–H groups in total. The van der Waals surface area contributed by atoms with Crippen molar-refractivity contribution in [3.8, 4) is 0 Å². The summed E-state index contributed by atoms with van der Waals surface area (Å²) >= 11 is 0. The summed E-state index contributed by atoms with van der Waals surface area (Å²) in [6.45, 7) is 1.29. The summed E-state index contributed by atoms with van der Waals surface area (Å²) in [4.78, 5) is 37.3. The fraction of sp³-hybridized carbons (Fsp3) is 0.292. The fourth-order valence-corrected chi connectivity index (χ4v) is 3.53. The average molecular weight is 483 g/mol. The molecule has 11 heteroatoms. The molecule has 1 aromatic heterocycles. The molecule has 1 aliphatic rings. The number of benzene rings is 2. The smallest absolute Gasteiger partial charge is 0.358 e. The quantitative estimate of drug-likeness (QED) is 0.352. The molecular weight excluding hydrogens is 461 g/mol. The van der Waals surface area contributed by atoms with Crippen molar-refractivity contribution in [2.24, 2.45) is 0 Å². The van der Waals surface area contributed by atoms with Crippen LogP contribution in [0.2, 0.25) is 0 Å². The minimum absolute atomic E-state index is 0.0873. The van der Waals surface area contributed by atoms with Crippen LogP contribution in [0.3, 0.4) is 0 Å². The van der Waals surface area contributed by atoms with Gasteiger partial charge in [-0.05, 0) is 31.2 Å². The molecule has 4 rings (SSSR count). The molecule has 0 saturated carbocycles. The maximum Gasteiger partial charge on any atom is 0.358 e. The largest absolute Gasteiger partial charge is 0.461 e. The number of esters is 3. The molecule has 0 amide bonds. The number of carbonyl (C=O) groups is 3. The molecule has 0 bridgehead atoms. The van der Waals surface area contributed by atoms with Gasteiger partial charge in [0.2, 0.25) is 0 Å². The van der Waals surface area contributed by atoms with Crippen molar-refractivity contribution in [3.05, 3.63) is 83.7 Å². The first kappa shape index (κ1) is 24.0. The summed E-state index contributed by atoms with van der Waals surface area (Å²) < 4.78 is 38.0. The van der Waals surface area contributed by atoms with E-state index < -0.39 is 49.1 Å². The zero-order valence-electron chi connectivity index (χ0n) is 18.7. The van der Waals surface area contributed by atoms with E-state index in [9.17, 15) is 14.4 Å². The van der Waals surface area contributed by atoms with E-state index in [-0.39, 0.29) is 23.4 Å². The molecule has 4 atom stereocenters. The summed E-state index contributed by atoms with van der Waals surface area (Å²) in [6.07, 6.45) is -4.98. The van der Waals surface area contributed by atoms with Gasteiger partial charge in [0.05, 0.1) is 23.9 Å². The SMILES string of the molecule is CCOC(=O)c1cnnn1[C@@H]1O[C@@H](COC(=O)c2ccccc2)[C@H](OC(=O)c2ccccc2)[C@H]1F. The normalized spacial score (nSPS) is 21.3. The Morgan fingerprint density at radius 1 is 0.943 bits per heavy atom. The lowest BCUT2D eigenvalue weighted by Crippen LogP contribution is -2.37. The lowest BCUT2D eigenvalue weighted by Gasteiger charge is -2.19. The highest BCUT2D eigenvalue weighted by molar-refractivity contribution is 5.90. The number of hydrogen-bond acceptors (Lipinski definition) is 9. The predicted molar refractivity (Wildman–Crippen MR) is 117 cm³/mol. The molecule has 1 aliphatic heterocycles. The minimum atomic E-state index is -1.96. The number of alkyl halides is 1. The van der Waals surface area contributed by atoms with Crippen LogP contribution in [-0.4, -0.2) is 64.5 Å². The van der Waals surface area contributed by atoms with E-state index in [1.165, 1.54) is 12.1 Å². The number of aromatic nitrogens is 3. The van der Waals surface area contributed by atoms with Crippen molar-refractivity contribution in [2.75, 3.05) is 13.2 Å². The standard InChI is InChI=1S/C24H22FN3O7/c1-2-32-24(31)17-13-26-27-28(17)21-19(25)20(35-23(30)16-11-7-4-8-12-16)18(34-21)14-33-22(29)15-9-5-3-6-10-15/h3-13,18-21H,2,14H2,1H3/t18-,19+,20-,21+/m0/s1. The molecule has 0 aliphatic carbocycles. The number of carbonyl (C=O) groups excluding carboxylic acids is 3. The molecule has 0 unspecified atom stereocenters. The molecule has 35 heavy (non-hydrogen) atoms. The molecule has 3 aromatic rings. The van der Waals surface area contributed by atoms with Gasteiger partial charge in [-0.1, -0.05) is 41.6 Å². The Bertz CT molecular complexity index is 1170. The van der Waals surface area contributed by atoms with Crippen molar-refractivity contribution in [1.29, 1.82) is 0 Å². The molecule has 2 aromatic carbocycles. The highest BCUT2D eigenvalue weighted by atomic mass is 19.1. The number of hydrogen-bond donors (Lipinski definition) is 0. The monoisotopic (exact) mass is 483 g/mol. The van der Waals surface area contributed by atoms with Crippen molar-refractivity contribution >= 4 is 17.9 Å². The van der Waals surface area contributed by atoms with Gasteiger partial charge >= 0.3 is 17.9 Å². The Morgan fingerprint density at radius 2 is 1.57 bits per heavy atom. The van der Waals surface area contributed by atoms with Gasteiger partial charge in [0.1, 0.15) is 12.7 Å². The van der Waals surface area contributed by atoms with Gasteiger partial charge in [-0.25, -0.2) is 23.5 Å². The van der Waals surface area contributed by atoms with Crippen molar-refractivity contribution in [1.82, 2.24) is 15.0 Å². The van der Waals surface area contributed by atoms with E-state index in [2.05, 4.69) is 10.3 Å². The van der Waals surface area contributed by atoms with Gasteiger partial charge in [-0.2, -0.15) is 0 Å². The second-order valence-electron chi connectivity index (χ2n) is 7.49. The summed E-state index contributed by atoms with van der Waals surface area (Å²) in [5.41, 5.74) is 0.350. The van der Waals surface area contributed by atoms with E-state index in [0.29, 0.717) is 0 Å². The Labute approximate surface area is 199 Å². The predicted octanol–water partition coefficient (Wildman–Crippen LogP) is 2.77. The van der Waals surface area contributed by atoms with Crippen molar-refractivity contribution < 1.29 is 37.7 Å². The van der Waals surface area contributed by atoms with Crippen LogP contribution in [0.15, 0.2) is 66.9 Å². The highest BCUT2D eigenvalue weighted by Gasteiger charge is 2.50. The first-order valence-electron chi connectivity index (χ1n) is 10.8. The molecule has 0 spiro atoms. The second kappa shape index (κ2) is 10.9. The fourth-order valence-electron chi connectivity index (χ4n) is 3.53. The molecular formula is C24H22FN3O7. The van der Waals surface area contributed by atoms with Crippen molar-refractivity contribution in [2.45, 2.75) is 31.5 Å². The topological polar surface area (TPSA) is 119 Å². The van der Waals surface area contributed by atoms with Crippen LogP contribution < -0.4 is 0 Å². The first-order chi connectivity index (χ1) is 17.0. The van der Waals surface area contributed by atoms with Gasteiger partial charge < -0.3 is 18.9 Å². The van der Waals surface area contributed by atoms with Gasteiger partial charge in [0, 0.05) is 0 Å². The van der Waals surface area contributed by atoms with Crippen LogP contribution in [0.4, 0.5) is 4.39 Å². The molecule has 2 heterocycles. The van der Waals surface area contributed by atoms with Crippen LogP contribution in [-0.2, 0) is 18.9 Å². The number of rotatable bonds is 8. The second-order valence-corrected chi connectivity index (χ2v) is 7.49. The van der Waals surface area contributed by atoms with Crippen LogP contribution in [0, 0.1) is 0 Å². The maximum atomic E-state index is 15.6. The average Bonchev–Trinajstić information content (AvgIpc) is 3.49. The summed E-state index contributed by atoms with van der Waals surface area (Å²) in [7, 11) is 0. The van der Waals surface area contributed by atoms with Gasteiger partial charge in [0.15, 0.2) is 24.2 Å². The zero-order valence-corrected chi connectivity index (χ0v) is 18.7. The Morgan fingerprint density at radius 3 is 2.20 bits per heavy atom. The zero-order chi connectivity index (χ0) is 24.8. The van der Waals surface area contributed by atoms with Crippen LogP contribution >= 0.6 is 0 Å². The third-order valence-corrected chi connectivity index (χ3v) is 5.21. The number of ether oxygens (including phenoxy) is 4. The van der Waals surface area contributed by atoms with E-state index in [0.717, 1.165) is 10.9 Å². The summed E-state index contributed by atoms with van der Waals surface area (Å²) in [6, 6.07) is 16.2. The number of nitrogens with zero attached hydrogens (tertiary/aromatic N) is 3. The first-order valence-corrected chi connectivity index (χ1v) is 10.8. The van der Waals surface area contributed by atoms with Crippen LogP contribution in [0.25, 0.3) is 0 Å². The van der Waals surface area contributed by atoms with E-state index in [1.54, 1.807) is 55.5 Å². The minimum Gasteiger partial charge on any atom is -0.461 e. The van der Waals surface area contributed by atoms with Gasteiger partial charge in [-0.3, -0.25) is 0 Å². The van der Waals surface area contributed by atoms with Gasteiger partial charge in [0.25, 0.3) is 0 Å². The third-order valence-electron chi connectivity index (χ3n) is 5.21. The molecule has 182 valence electrons. The van der Waals surface area contributed by atoms with Crippen LogP contribution in [0.1, 0.15) is 44.4 Å². The summed E-state index contributed by atoms with van der Waals surface area (Å²) in [5, 5.41) is 7.40. The summed E-state index contributed by atoms with van der Waals surface area (Å²) in [5.74, 6) is -2.22. The molecule has 1 fully saturated rings. The van der Waals surface area contributed by atoms with E-state index in [4.69, 9.17) is 18.9 Å².